The van der Waals surface area contributed by atoms with Crippen LogP contribution in [0.2, 0.25) is 0 Å². The third-order valence-electron chi connectivity index (χ3n) is 3.78. The van der Waals surface area contributed by atoms with Gasteiger partial charge in [-0.15, -0.1) is 0 Å². The molecule has 0 atom stereocenters. The minimum atomic E-state index is -0.344. The van der Waals surface area contributed by atoms with Gasteiger partial charge >= 0.3 is 0 Å². The number of methoxy groups -OCH3 is 2. The first kappa shape index (κ1) is 14.1. The number of fused-ring (bicyclic) bond motifs is 2. The van der Waals surface area contributed by atoms with Gasteiger partial charge in [0.05, 0.1) is 19.8 Å². The standard InChI is InChI=1S/C17H14O5/c1-8-4-5-9-10(6-8)15(19)13-11(14(9)18)7-12(21-2)16(20)17(13)22-3/h4-7,20H,1-3H3. The van der Waals surface area contributed by atoms with E-state index in [2.05, 4.69) is 0 Å². The van der Waals surface area contributed by atoms with Crippen LogP contribution < -0.4 is 9.47 Å². The number of aromatic hydroxyl groups is 1. The number of ketones is 2. The lowest BCUT2D eigenvalue weighted by atomic mass is 9.82. The first-order chi connectivity index (χ1) is 10.5. The van der Waals surface area contributed by atoms with E-state index >= 15 is 0 Å². The number of ether oxygens (including phenoxy) is 2. The van der Waals surface area contributed by atoms with Crippen molar-refractivity contribution in [3.8, 4) is 17.2 Å². The molecule has 1 aliphatic carbocycles. The Labute approximate surface area is 127 Å². The van der Waals surface area contributed by atoms with Crippen molar-refractivity contribution in [2.75, 3.05) is 14.2 Å². The molecule has 5 heteroatoms. The molecule has 0 spiro atoms. The van der Waals surface area contributed by atoms with Crippen molar-refractivity contribution in [3.63, 3.8) is 0 Å². The lowest BCUT2D eigenvalue weighted by Gasteiger charge is -2.21. The predicted molar refractivity (Wildman–Crippen MR) is 79.3 cm³/mol. The first-order valence-electron chi connectivity index (χ1n) is 6.67. The number of phenolic OH excluding ortho intramolecular Hbond substituents is 1. The van der Waals surface area contributed by atoms with E-state index in [-0.39, 0.29) is 39.9 Å². The Kier molecular flexibility index (Phi) is 3.13. The second-order valence-electron chi connectivity index (χ2n) is 5.09. The van der Waals surface area contributed by atoms with Gasteiger partial charge in [-0.25, -0.2) is 0 Å². The summed E-state index contributed by atoms with van der Waals surface area (Å²) in [6, 6.07) is 6.46. The average molecular weight is 298 g/mol. The molecule has 0 heterocycles. The van der Waals surface area contributed by atoms with Gasteiger partial charge in [-0.3, -0.25) is 9.59 Å². The van der Waals surface area contributed by atoms with Gasteiger partial charge in [0.1, 0.15) is 0 Å². The average Bonchev–Trinajstić information content (AvgIpc) is 2.52. The summed E-state index contributed by atoms with van der Waals surface area (Å²) >= 11 is 0. The van der Waals surface area contributed by atoms with Crippen molar-refractivity contribution in [1.29, 1.82) is 0 Å². The van der Waals surface area contributed by atoms with Crippen LogP contribution in [0.4, 0.5) is 0 Å². The van der Waals surface area contributed by atoms with Crippen molar-refractivity contribution in [2.24, 2.45) is 0 Å². The number of hydrogen-bond acceptors (Lipinski definition) is 5. The predicted octanol–water partition coefficient (Wildman–Crippen LogP) is 2.49. The van der Waals surface area contributed by atoms with E-state index in [4.69, 9.17) is 9.47 Å². The molecule has 2 aromatic rings. The number of hydrogen-bond donors (Lipinski definition) is 1. The third-order valence-corrected chi connectivity index (χ3v) is 3.78. The van der Waals surface area contributed by atoms with Crippen molar-refractivity contribution < 1.29 is 24.2 Å². The quantitative estimate of drug-likeness (QED) is 0.787. The fourth-order valence-corrected chi connectivity index (χ4v) is 2.71. The Morgan fingerprint density at radius 1 is 0.909 bits per heavy atom. The highest BCUT2D eigenvalue weighted by atomic mass is 16.5. The molecule has 3 rings (SSSR count). The Morgan fingerprint density at radius 3 is 2.27 bits per heavy atom. The largest absolute Gasteiger partial charge is 0.502 e. The number of aryl methyl sites for hydroxylation is 1. The normalized spacial score (nSPS) is 12.7. The highest BCUT2D eigenvalue weighted by Crippen LogP contribution is 2.44. The number of benzene rings is 2. The maximum absolute atomic E-state index is 12.8. The first-order valence-corrected chi connectivity index (χ1v) is 6.67. The Bertz CT molecular complexity index is 820. The summed E-state index contributed by atoms with van der Waals surface area (Å²) in [6.45, 7) is 1.84. The highest BCUT2D eigenvalue weighted by Gasteiger charge is 2.35. The van der Waals surface area contributed by atoms with Crippen LogP contribution in [0, 0.1) is 6.92 Å². The molecule has 0 unspecified atom stereocenters. The molecule has 1 aliphatic rings. The summed E-state index contributed by atoms with van der Waals surface area (Å²) < 4.78 is 10.2. The number of phenols is 1. The van der Waals surface area contributed by atoms with E-state index in [9.17, 15) is 14.7 Å². The van der Waals surface area contributed by atoms with E-state index < -0.39 is 0 Å². The number of rotatable bonds is 2. The molecular formula is C17H14O5. The van der Waals surface area contributed by atoms with Crippen LogP contribution in [0.3, 0.4) is 0 Å². The topological polar surface area (TPSA) is 72.8 Å². The van der Waals surface area contributed by atoms with E-state index in [1.165, 1.54) is 20.3 Å². The van der Waals surface area contributed by atoms with E-state index in [0.717, 1.165) is 5.56 Å². The molecule has 5 nitrogen and oxygen atoms in total. The second-order valence-corrected chi connectivity index (χ2v) is 5.09. The Morgan fingerprint density at radius 2 is 1.64 bits per heavy atom. The maximum Gasteiger partial charge on any atom is 0.201 e. The molecule has 2 aromatic carbocycles. The molecule has 0 aromatic heterocycles. The Hall–Kier alpha value is -2.82. The van der Waals surface area contributed by atoms with E-state index in [1.54, 1.807) is 18.2 Å². The van der Waals surface area contributed by atoms with Crippen molar-refractivity contribution in [3.05, 3.63) is 52.1 Å². The molecular weight excluding hydrogens is 284 g/mol. The molecule has 112 valence electrons. The fraction of sp³-hybridized carbons (Fsp3) is 0.176. The summed E-state index contributed by atoms with van der Waals surface area (Å²) in [6.07, 6.45) is 0. The smallest absolute Gasteiger partial charge is 0.201 e. The van der Waals surface area contributed by atoms with Gasteiger partial charge < -0.3 is 14.6 Å². The van der Waals surface area contributed by atoms with Gasteiger partial charge in [-0.1, -0.05) is 17.7 Å². The molecule has 22 heavy (non-hydrogen) atoms. The van der Waals surface area contributed by atoms with Crippen LogP contribution in [0.5, 0.6) is 17.2 Å². The molecule has 1 N–H and O–H groups in total. The lowest BCUT2D eigenvalue weighted by Crippen LogP contribution is -2.22. The lowest BCUT2D eigenvalue weighted by molar-refractivity contribution is 0.0975. The summed E-state index contributed by atoms with van der Waals surface area (Å²) in [5.41, 5.74) is 1.79. The molecule has 0 bridgehead atoms. The van der Waals surface area contributed by atoms with E-state index in [1.807, 2.05) is 6.92 Å². The van der Waals surface area contributed by atoms with Crippen LogP contribution in [0.15, 0.2) is 24.3 Å². The van der Waals surface area contributed by atoms with Crippen LogP contribution in [0.25, 0.3) is 0 Å². The third kappa shape index (κ3) is 1.79. The molecule has 0 fully saturated rings. The number of carbonyl (C=O) groups is 2. The van der Waals surface area contributed by atoms with Crippen LogP contribution in [-0.4, -0.2) is 30.9 Å². The van der Waals surface area contributed by atoms with Gasteiger partial charge in [0.25, 0.3) is 0 Å². The van der Waals surface area contributed by atoms with E-state index in [0.29, 0.717) is 11.1 Å². The molecule has 0 amide bonds. The summed E-state index contributed by atoms with van der Waals surface area (Å²) in [5, 5.41) is 10.1. The zero-order chi connectivity index (χ0) is 16.0. The molecule has 0 radical (unpaired) electrons. The van der Waals surface area contributed by atoms with Crippen molar-refractivity contribution in [2.45, 2.75) is 6.92 Å². The second kappa shape index (κ2) is 4.87. The minimum Gasteiger partial charge on any atom is -0.502 e. The minimum absolute atomic E-state index is 0.0418. The SMILES string of the molecule is COc1cc2c(c(OC)c1O)C(=O)c1cc(C)ccc1C2=O. The number of carbonyl (C=O) groups excluding carboxylic acids is 2. The monoisotopic (exact) mass is 298 g/mol. The van der Waals surface area contributed by atoms with Gasteiger partial charge in [-0.05, 0) is 19.1 Å². The van der Waals surface area contributed by atoms with Crippen molar-refractivity contribution in [1.82, 2.24) is 0 Å². The summed E-state index contributed by atoms with van der Waals surface area (Å²) in [4.78, 5) is 25.4. The van der Waals surface area contributed by atoms with Gasteiger partial charge in [-0.2, -0.15) is 0 Å². The zero-order valence-electron chi connectivity index (χ0n) is 12.4. The Balaban J connectivity index is 2.37. The van der Waals surface area contributed by atoms with Crippen LogP contribution in [0.1, 0.15) is 37.4 Å². The highest BCUT2D eigenvalue weighted by molar-refractivity contribution is 6.29. The summed E-state index contributed by atoms with van der Waals surface area (Å²) in [5.74, 6) is -0.877. The van der Waals surface area contributed by atoms with Crippen LogP contribution in [-0.2, 0) is 0 Å². The molecule has 0 saturated carbocycles. The van der Waals surface area contributed by atoms with Crippen LogP contribution >= 0.6 is 0 Å². The summed E-state index contributed by atoms with van der Waals surface area (Å²) in [7, 11) is 2.70. The fourth-order valence-electron chi connectivity index (χ4n) is 2.71. The van der Waals surface area contributed by atoms with Gasteiger partial charge in [0.2, 0.25) is 5.75 Å². The molecule has 0 aliphatic heterocycles. The zero-order valence-corrected chi connectivity index (χ0v) is 12.4. The van der Waals surface area contributed by atoms with Gasteiger partial charge in [0.15, 0.2) is 23.1 Å². The van der Waals surface area contributed by atoms with Crippen molar-refractivity contribution >= 4 is 11.6 Å². The maximum atomic E-state index is 12.8. The van der Waals surface area contributed by atoms with Gasteiger partial charge in [0, 0.05) is 16.7 Å². The molecule has 0 saturated heterocycles.